The summed E-state index contributed by atoms with van der Waals surface area (Å²) in [4.78, 5) is 2.39. The Morgan fingerprint density at radius 2 is 2.10 bits per heavy atom. The zero-order valence-electron chi connectivity index (χ0n) is 13.3. The van der Waals surface area contributed by atoms with Gasteiger partial charge in [0.15, 0.2) is 0 Å². The van der Waals surface area contributed by atoms with Crippen LogP contribution in [0.4, 0.5) is 4.39 Å². The highest BCUT2D eigenvalue weighted by atomic mass is 19.1. The van der Waals surface area contributed by atoms with Crippen molar-refractivity contribution >= 4 is 0 Å². The highest BCUT2D eigenvalue weighted by Crippen LogP contribution is 2.38. The monoisotopic (exact) mass is 294 g/mol. The van der Waals surface area contributed by atoms with E-state index in [1.165, 1.54) is 18.9 Å². The number of nitrogens with two attached hydrogens (primary N) is 1. The first kappa shape index (κ1) is 16.4. The largest absolute Gasteiger partial charge is 0.383 e. The van der Waals surface area contributed by atoms with Crippen molar-refractivity contribution in [2.24, 2.45) is 11.7 Å². The standard InChI is InChI=1S/C17H27FN2O/c1-12(19)17(15-5-4-6-16(18)11-15)20(9-10-21-3)13(2)14-7-8-14/h4-6,11-14,17H,7-10,19H2,1-3H3. The number of hydrogen-bond donors (Lipinski definition) is 1. The summed E-state index contributed by atoms with van der Waals surface area (Å²) in [6, 6.07) is 7.21. The van der Waals surface area contributed by atoms with Crippen LogP contribution in [0.5, 0.6) is 0 Å². The fourth-order valence-electron chi connectivity index (χ4n) is 3.13. The Hall–Kier alpha value is -0.970. The molecule has 0 saturated heterocycles. The molecule has 3 unspecified atom stereocenters. The third kappa shape index (κ3) is 4.25. The van der Waals surface area contributed by atoms with Gasteiger partial charge in [-0.25, -0.2) is 4.39 Å². The molecule has 3 nitrogen and oxygen atoms in total. The van der Waals surface area contributed by atoms with Gasteiger partial charge in [-0.2, -0.15) is 0 Å². The lowest BCUT2D eigenvalue weighted by Crippen LogP contribution is -2.46. The molecule has 118 valence electrons. The van der Waals surface area contributed by atoms with Gasteiger partial charge in [0.1, 0.15) is 5.82 Å². The lowest BCUT2D eigenvalue weighted by molar-refractivity contribution is 0.0718. The van der Waals surface area contributed by atoms with Gasteiger partial charge in [-0.3, -0.25) is 4.90 Å². The minimum absolute atomic E-state index is 0.0199. The first-order valence-corrected chi connectivity index (χ1v) is 7.80. The minimum Gasteiger partial charge on any atom is -0.383 e. The second-order valence-corrected chi connectivity index (χ2v) is 6.17. The summed E-state index contributed by atoms with van der Waals surface area (Å²) in [6.45, 7) is 5.73. The van der Waals surface area contributed by atoms with Gasteiger partial charge in [0.2, 0.25) is 0 Å². The highest BCUT2D eigenvalue weighted by Gasteiger charge is 2.36. The lowest BCUT2D eigenvalue weighted by Gasteiger charge is -2.39. The molecule has 4 heteroatoms. The number of nitrogens with zero attached hydrogens (tertiary/aromatic N) is 1. The van der Waals surface area contributed by atoms with E-state index in [0.29, 0.717) is 12.6 Å². The number of hydrogen-bond acceptors (Lipinski definition) is 3. The number of rotatable bonds is 8. The van der Waals surface area contributed by atoms with Gasteiger partial charge >= 0.3 is 0 Å². The fraction of sp³-hybridized carbons (Fsp3) is 0.647. The Kier molecular flexibility index (Phi) is 5.73. The zero-order valence-corrected chi connectivity index (χ0v) is 13.3. The maximum atomic E-state index is 13.6. The van der Waals surface area contributed by atoms with Crippen LogP contribution < -0.4 is 5.73 Å². The highest BCUT2D eigenvalue weighted by molar-refractivity contribution is 5.22. The molecule has 0 heterocycles. The van der Waals surface area contributed by atoms with E-state index in [2.05, 4.69) is 11.8 Å². The third-order valence-corrected chi connectivity index (χ3v) is 4.43. The van der Waals surface area contributed by atoms with Crippen LogP contribution in [0, 0.1) is 11.7 Å². The summed E-state index contributed by atoms with van der Waals surface area (Å²) in [7, 11) is 1.71. The first-order chi connectivity index (χ1) is 10.0. The van der Waals surface area contributed by atoms with Crippen molar-refractivity contribution in [3.63, 3.8) is 0 Å². The van der Waals surface area contributed by atoms with E-state index in [9.17, 15) is 4.39 Å². The maximum absolute atomic E-state index is 13.6. The van der Waals surface area contributed by atoms with Crippen LogP contribution in [0.15, 0.2) is 24.3 Å². The molecule has 3 atom stereocenters. The van der Waals surface area contributed by atoms with Gasteiger partial charge in [0, 0.05) is 25.7 Å². The van der Waals surface area contributed by atoms with Crippen molar-refractivity contribution in [3.05, 3.63) is 35.6 Å². The van der Waals surface area contributed by atoms with Crippen LogP contribution in [-0.4, -0.2) is 37.2 Å². The van der Waals surface area contributed by atoms with Crippen molar-refractivity contribution in [2.75, 3.05) is 20.3 Å². The van der Waals surface area contributed by atoms with Crippen molar-refractivity contribution in [1.29, 1.82) is 0 Å². The zero-order chi connectivity index (χ0) is 15.4. The van der Waals surface area contributed by atoms with Crippen LogP contribution >= 0.6 is 0 Å². The average Bonchev–Trinajstić information content (AvgIpc) is 3.26. The summed E-state index contributed by atoms with van der Waals surface area (Å²) in [5.74, 6) is 0.528. The van der Waals surface area contributed by atoms with Crippen LogP contribution in [-0.2, 0) is 4.74 Å². The van der Waals surface area contributed by atoms with Gasteiger partial charge in [-0.05, 0) is 50.3 Å². The number of benzene rings is 1. The smallest absolute Gasteiger partial charge is 0.123 e. The minimum atomic E-state index is -0.205. The van der Waals surface area contributed by atoms with Crippen LogP contribution in [0.1, 0.15) is 38.3 Å². The predicted octanol–water partition coefficient (Wildman–Crippen LogP) is 2.96. The van der Waals surface area contributed by atoms with Gasteiger partial charge in [0.05, 0.1) is 12.6 Å². The van der Waals surface area contributed by atoms with Crippen LogP contribution in [0.25, 0.3) is 0 Å². The molecule has 2 rings (SSSR count). The fourth-order valence-corrected chi connectivity index (χ4v) is 3.13. The summed E-state index contributed by atoms with van der Waals surface area (Å²) in [5.41, 5.74) is 7.20. The molecular weight excluding hydrogens is 267 g/mol. The molecule has 1 aromatic carbocycles. The van der Waals surface area contributed by atoms with Crippen molar-refractivity contribution in [3.8, 4) is 0 Å². The Morgan fingerprint density at radius 3 is 2.62 bits per heavy atom. The van der Waals surface area contributed by atoms with Gasteiger partial charge < -0.3 is 10.5 Å². The molecule has 1 aliphatic rings. The lowest BCUT2D eigenvalue weighted by atomic mass is 9.96. The molecule has 0 aliphatic heterocycles. The van der Waals surface area contributed by atoms with E-state index >= 15 is 0 Å². The molecule has 0 amide bonds. The molecule has 1 saturated carbocycles. The van der Waals surface area contributed by atoms with Gasteiger partial charge in [-0.15, -0.1) is 0 Å². The second kappa shape index (κ2) is 7.34. The van der Waals surface area contributed by atoms with E-state index in [1.807, 2.05) is 13.0 Å². The van der Waals surface area contributed by atoms with Crippen LogP contribution in [0.2, 0.25) is 0 Å². The predicted molar refractivity (Wildman–Crippen MR) is 83.6 cm³/mol. The van der Waals surface area contributed by atoms with Crippen LogP contribution in [0.3, 0.4) is 0 Å². The van der Waals surface area contributed by atoms with Crippen molar-refractivity contribution in [1.82, 2.24) is 4.90 Å². The molecule has 0 radical (unpaired) electrons. The molecule has 1 aromatic rings. The molecule has 1 fully saturated rings. The SMILES string of the molecule is COCCN(C(C)C1CC1)C(c1cccc(F)c1)C(C)N. The Labute approximate surface area is 127 Å². The summed E-state index contributed by atoms with van der Waals surface area (Å²) >= 11 is 0. The Bertz CT molecular complexity index is 448. The summed E-state index contributed by atoms with van der Waals surface area (Å²) in [6.07, 6.45) is 2.55. The first-order valence-electron chi connectivity index (χ1n) is 7.80. The molecule has 0 bridgehead atoms. The molecule has 0 spiro atoms. The van der Waals surface area contributed by atoms with Crippen molar-refractivity contribution < 1.29 is 9.13 Å². The van der Waals surface area contributed by atoms with E-state index in [0.717, 1.165) is 18.0 Å². The van der Waals surface area contributed by atoms with E-state index < -0.39 is 0 Å². The molecule has 1 aliphatic carbocycles. The average molecular weight is 294 g/mol. The molecule has 2 N–H and O–H groups in total. The Morgan fingerprint density at radius 1 is 1.38 bits per heavy atom. The molecule has 0 aromatic heterocycles. The third-order valence-electron chi connectivity index (χ3n) is 4.43. The molecule has 21 heavy (non-hydrogen) atoms. The van der Waals surface area contributed by atoms with Gasteiger partial charge in [0.25, 0.3) is 0 Å². The Balaban J connectivity index is 2.26. The molecular formula is C17H27FN2O. The normalized spacial score (nSPS) is 19.5. The summed E-state index contributed by atoms with van der Waals surface area (Å²) in [5, 5.41) is 0. The van der Waals surface area contributed by atoms with E-state index in [-0.39, 0.29) is 17.9 Å². The van der Waals surface area contributed by atoms with E-state index in [1.54, 1.807) is 19.2 Å². The van der Waals surface area contributed by atoms with E-state index in [4.69, 9.17) is 10.5 Å². The van der Waals surface area contributed by atoms with Gasteiger partial charge in [-0.1, -0.05) is 12.1 Å². The number of ether oxygens (including phenoxy) is 1. The quantitative estimate of drug-likeness (QED) is 0.801. The number of halogens is 1. The summed E-state index contributed by atoms with van der Waals surface area (Å²) < 4.78 is 18.8. The number of methoxy groups -OCH3 is 1. The van der Waals surface area contributed by atoms with Crippen molar-refractivity contribution in [2.45, 2.75) is 44.8 Å². The topological polar surface area (TPSA) is 38.5 Å². The maximum Gasteiger partial charge on any atom is 0.123 e. The second-order valence-electron chi connectivity index (χ2n) is 6.17.